The molecule has 0 saturated carbocycles. The van der Waals surface area contributed by atoms with Crippen LogP contribution < -0.4 is 5.32 Å². The van der Waals surface area contributed by atoms with Gasteiger partial charge in [0, 0.05) is 24.5 Å². The number of likely N-dealkylation sites (tertiary alicyclic amines) is 1. The summed E-state index contributed by atoms with van der Waals surface area (Å²) in [6.45, 7) is 10.8. The molecular weight excluding hydrogens is 328 g/mol. The first-order valence-electron chi connectivity index (χ1n) is 9.40. The van der Waals surface area contributed by atoms with E-state index in [1.165, 1.54) is 5.56 Å². The van der Waals surface area contributed by atoms with E-state index in [9.17, 15) is 9.59 Å². The number of carbonyl (C=O) groups excluding carboxylic acids is 2. The third kappa shape index (κ3) is 6.36. The average Bonchev–Trinajstić information content (AvgIpc) is 2.53. The highest BCUT2D eigenvalue weighted by atomic mass is 16.6. The van der Waals surface area contributed by atoms with E-state index in [4.69, 9.17) is 4.74 Å². The maximum atomic E-state index is 12.7. The first-order valence-corrected chi connectivity index (χ1v) is 9.40. The maximum Gasteiger partial charge on any atom is 0.410 e. The molecule has 1 heterocycles. The molecule has 1 aromatic rings. The summed E-state index contributed by atoms with van der Waals surface area (Å²) < 4.78 is 5.41. The van der Waals surface area contributed by atoms with Crippen LogP contribution in [0.4, 0.5) is 4.79 Å². The van der Waals surface area contributed by atoms with Gasteiger partial charge in [0.25, 0.3) is 0 Å². The van der Waals surface area contributed by atoms with Crippen LogP contribution in [0.3, 0.4) is 0 Å². The number of nitrogens with one attached hydrogen (secondary N) is 1. The monoisotopic (exact) mass is 360 g/mol. The van der Waals surface area contributed by atoms with Crippen LogP contribution in [-0.2, 0) is 16.0 Å². The van der Waals surface area contributed by atoms with Gasteiger partial charge in [-0.3, -0.25) is 4.79 Å². The number of hydrogen-bond acceptors (Lipinski definition) is 3. The van der Waals surface area contributed by atoms with Gasteiger partial charge < -0.3 is 15.0 Å². The van der Waals surface area contributed by atoms with Crippen molar-refractivity contribution in [2.75, 3.05) is 13.1 Å². The van der Waals surface area contributed by atoms with Gasteiger partial charge in [-0.15, -0.1) is 0 Å². The lowest BCUT2D eigenvalue weighted by molar-refractivity contribution is -0.128. The number of carbonyl (C=O) groups is 2. The fourth-order valence-corrected chi connectivity index (χ4v) is 3.24. The van der Waals surface area contributed by atoms with Crippen LogP contribution >= 0.6 is 0 Å². The van der Waals surface area contributed by atoms with Crippen LogP contribution in [0.1, 0.15) is 53.0 Å². The summed E-state index contributed by atoms with van der Waals surface area (Å²) in [7, 11) is 0. The Labute approximate surface area is 157 Å². The second kappa shape index (κ2) is 8.11. The number of hydrogen-bond donors (Lipinski definition) is 1. The summed E-state index contributed by atoms with van der Waals surface area (Å²) in [5, 5.41) is 3.18. The molecule has 0 unspecified atom stereocenters. The molecule has 1 aliphatic rings. The maximum absolute atomic E-state index is 12.7. The van der Waals surface area contributed by atoms with Crippen LogP contribution in [0.15, 0.2) is 30.3 Å². The molecule has 26 heavy (non-hydrogen) atoms. The molecule has 5 nitrogen and oxygen atoms in total. The van der Waals surface area contributed by atoms with E-state index >= 15 is 0 Å². The Hall–Kier alpha value is -2.04. The minimum absolute atomic E-state index is 0.0521. The lowest BCUT2D eigenvalue weighted by atomic mass is 9.91. The Morgan fingerprint density at radius 2 is 1.65 bits per heavy atom. The molecule has 0 aromatic heterocycles. The average molecular weight is 360 g/mol. The second-order valence-corrected chi connectivity index (χ2v) is 8.78. The molecule has 2 rings (SSSR count). The van der Waals surface area contributed by atoms with E-state index in [1.807, 2.05) is 52.8 Å². The summed E-state index contributed by atoms with van der Waals surface area (Å²) in [6.07, 6.45) is 1.84. The molecule has 144 valence electrons. The van der Waals surface area contributed by atoms with Crippen molar-refractivity contribution >= 4 is 12.0 Å². The summed E-state index contributed by atoms with van der Waals surface area (Å²) >= 11 is 0. The summed E-state index contributed by atoms with van der Waals surface area (Å²) in [6, 6.07) is 10.2. The predicted octanol–water partition coefficient (Wildman–Crippen LogP) is 3.77. The van der Waals surface area contributed by atoms with E-state index in [0.717, 1.165) is 6.42 Å². The van der Waals surface area contributed by atoms with Gasteiger partial charge in [0.05, 0.1) is 0 Å². The van der Waals surface area contributed by atoms with E-state index in [0.29, 0.717) is 25.9 Å². The van der Waals surface area contributed by atoms with E-state index in [2.05, 4.69) is 17.4 Å². The van der Waals surface area contributed by atoms with Crippen LogP contribution in [0.25, 0.3) is 0 Å². The molecule has 0 aliphatic carbocycles. The number of ether oxygens (including phenoxy) is 1. The van der Waals surface area contributed by atoms with Crippen LogP contribution in [-0.4, -0.2) is 41.1 Å². The van der Waals surface area contributed by atoms with Crippen molar-refractivity contribution in [1.82, 2.24) is 10.2 Å². The van der Waals surface area contributed by atoms with Crippen molar-refractivity contribution in [3.8, 4) is 0 Å². The van der Waals surface area contributed by atoms with Crippen molar-refractivity contribution in [2.24, 2.45) is 5.92 Å². The quantitative estimate of drug-likeness (QED) is 0.889. The highest BCUT2D eigenvalue weighted by Gasteiger charge is 2.32. The highest BCUT2D eigenvalue weighted by Crippen LogP contribution is 2.21. The van der Waals surface area contributed by atoms with Crippen molar-refractivity contribution in [1.29, 1.82) is 0 Å². The van der Waals surface area contributed by atoms with Gasteiger partial charge in [0.15, 0.2) is 0 Å². The first kappa shape index (κ1) is 20.3. The molecule has 1 aliphatic heterocycles. The Bertz CT molecular complexity index is 612. The smallest absolute Gasteiger partial charge is 0.410 e. The SMILES string of the molecule is CC(C)(Cc1ccccc1)NC(=O)C1CCN(C(=O)OC(C)(C)C)CC1. The van der Waals surface area contributed by atoms with Gasteiger partial charge in [-0.2, -0.15) is 0 Å². The lowest BCUT2D eigenvalue weighted by Gasteiger charge is -2.35. The third-order valence-corrected chi connectivity index (χ3v) is 4.47. The van der Waals surface area contributed by atoms with Gasteiger partial charge in [-0.1, -0.05) is 30.3 Å². The Balaban J connectivity index is 1.83. The topological polar surface area (TPSA) is 58.6 Å². The van der Waals surface area contributed by atoms with E-state index in [-0.39, 0.29) is 23.5 Å². The molecule has 2 amide bonds. The number of piperidine rings is 1. The molecule has 1 fully saturated rings. The Morgan fingerprint density at radius 1 is 1.08 bits per heavy atom. The Kier molecular flexibility index (Phi) is 6.32. The minimum Gasteiger partial charge on any atom is -0.444 e. The van der Waals surface area contributed by atoms with Crippen molar-refractivity contribution < 1.29 is 14.3 Å². The largest absolute Gasteiger partial charge is 0.444 e. The normalized spacial score (nSPS) is 16.3. The van der Waals surface area contributed by atoms with Gasteiger partial charge in [-0.05, 0) is 59.4 Å². The highest BCUT2D eigenvalue weighted by molar-refractivity contribution is 5.80. The van der Waals surface area contributed by atoms with Crippen LogP contribution in [0.5, 0.6) is 0 Å². The fraction of sp³-hybridized carbons (Fsp3) is 0.619. The zero-order chi connectivity index (χ0) is 19.4. The molecule has 0 spiro atoms. The van der Waals surface area contributed by atoms with Crippen LogP contribution in [0.2, 0.25) is 0 Å². The number of benzene rings is 1. The molecule has 1 N–H and O–H groups in total. The molecule has 0 atom stereocenters. The zero-order valence-corrected chi connectivity index (χ0v) is 16.7. The summed E-state index contributed by atoms with van der Waals surface area (Å²) in [5.74, 6) is 0.0264. The Morgan fingerprint density at radius 3 is 2.19 bits per heavy atom. The van der Waals surface area contributed by atoms with Gasteiger partial charge in [0.2, 0.25) is 5.91 Å². The molecule has 5 heteroatoms. The zero-order valence-electron chi connectivity index (χ0n) is 16.7. The van der Waals surface area contributed by atoms with Crippen molar-refractivity contribution in [3.05, 3.63) is 35.9 Å². The third-order valence-electron chi connectivity index (χ3n) is 4.47. The first-order chi connectivity index (χ1) is 12.1. The van der Waals surface area contributed by atoms with Gasteiger partial charge >= 0.3 is 6.09 Å². The van der Waals surface area contributed by atoms with Crippen molar-refractivity contribution in [3.63, 3.8) is 0 Å². The van der Waals surface area contributed by atoms with E-state index < -0.39 is 5.60 Å². The van der Waals surface area contributed by atoms with Crippen LogP contribution in [0, 0.1) is 5.92 Å². The van der Waals surface area contributed by atoms with Gasteiger partial charge in [0.1, 0.15) is 5.60 Å². The predicted molar refractivity (Wildman–Crippen MR) is 103 cm³/mol. The lowest BCUT2D eigenvalue weighted by Crippen LogP contribution is -2.50. The number of rotatable bonds is 4. The second-order valence-electron chi connectivity index (χ2n) is 8.78. The number of nitrogens with zero attached hydrogens (tertiary/aromatic N) is 1. The molecule has 0 bridgehead atoms. The van der Waals surface area contributed by atoms with Gasteiger partial charge in [-0.25, -0.2) is 4.79 Å². The summed E-state index contributed by atoms with van der Waals surface area (Å²) in [4.78, 5) is 26.5. The minimum atomic E-state index is -0.493. The number of amides is 2. The molecule has 0 radical (unpaired) electrons. The molecular formula is C21H32N2O3. The van der Waals surface area contributed by atoms with Crippen molar-refractivity contribution in [2.45, 2.75) is 65.0 Å². The summed E-state index contributed by atoms with van der Waals surface area (Å²) in [5.41, 5.74) is 0.408. The molecule has 1 aromatic carbocycles. The van der Waals surface area contributed by atoms with E-state index in [1.54, 1.807) is 4.90 Å². The molecule has 1 saturated heterocycles. The standard InChI is InChI=1S/C21H32N2O3/c1-20(2,3)26-19(25)23-13-11-17(12-14-23)18(24)22-21(4,5)15-16-9-7-6-8-10-16/h6-10,17H,11-15H2,1-5H3,(H,22,24). The fourth-order valence-electron chi connectivity index (χ4n) is 3.24.